The van der Waals surface area contributed by atoms with Crippen LogP contribution in [0.3, 0.4) is 0 Å². The summed E-state index contributed by atoms with van der Waals surface area (Å²) in [5, 5.41) is 7.60. The number of halogens is 1. The number of rotatable bonds is 7. The standard InChI is InChI=1S/C25H30ClN5O3S/c1-31(2)23-20-6-4-5-7-22(20)29-25(30-23)28-17-10-8-16(9-11-17)15-27-24(32)19-13-12-18(14-21(19)26)35(3,33)34/h4-7,12-14,16-17H,8-11,15H2,1-3H3,(H,27,32)(H,28,29,30). The highest BCUT2D eigenvalue weighted by atomic mass is 35.5. The topological polar surface area (TPSA) is 104 Å². The molecule has 1 aliphatic carbocycles. The highest BCUT2D eigenvalue weighted by Gasteiger charge is 2.23. The van der Waals surface area contributed by atoms with Gasteiger partial charge in [0.25, 0.3) is 5.91 Å². The van der Waals surface area contributed by atoms with Gasteiger partial charge in [0.05, 0.1) is 21.0 Å². The van der Waals surface area contributed by atoms with Crippen molar-refractivity contribution in [2.75, 3.05) is 37.1 Å². The minimum Gasteiger partial charge on any atom is -0.362 e. The molecule has 0 aliphatic heterocycles. The molecule has 0 unspecified atom stereocenters. The molecule has 8 nitrogen and oxygen atoms in total. The van der Waals surface area contributed by atoms with Gasteiger partial charge in [0.15, 0.2) is 9.84 Å². The minimum atomic E-state index is -3.38. The van der Waals surface area contributed by atoms with Gasteiger partial charge in [-0.05, 0) is 61.9 Å². The number of hydrogen-bond acceptors (Lipinski definition) is 7. The maximum Gasteiger partial charge on any atom is 0.252 e. The lowest BCUT2D eigenvalue weighted by Gasteiger charge is -2.29. The fraction of sp³-hybridized carbons (Fsp3) is 0.400. The largest absolute Gasteiger partial charge is 0.362 e. The number of carbonyl (C=O) groups is 1. The number of hydrogen-bond donors (Lipinski definition) is 2. The van der Waals surface area contributed by atoms with Crippen LogP contribution in [-0.4, -0.2) is 57.2 Å². The van der Waals surface area contributed by atoms with Crippen LogP contribution in [0.1, 0.15) is 36.0 Å². The number of benzene rings is 2. The molecule has 0 bridgehead atoms. The van der Waals surface area contributed by atoms with Crippen molar-refractivity contribution in [3.63, 3.8) is 0 Å². The molecular weight excluding hydrogens is 486 g/mol. The van der Waals surface area contributed by atoms with Gasteiger partial charge in [0.1, 0.15) is 5.82 Å². The monoisotopic (exact) mass is 515 g/mol. The van der Waals surface area contributed by atoms with Gasteiger partial charge in [0, 0.05) is 38.3 Å². The van der Waals surface area contributed by atoms with E-state index in [2.05, 4.69) is 10.6 Å². The normalized spacial score (nSPS) is 18.3. The fourth-order valence-corrected chi connectivity index (χ4v) is 5.38. The number of nitrogens with zero attached hydrogens (tertiary/aromatic N) is 3. The SMILES string of the molecule is CN(C)c1nc(NC2CCC(CNC(=O)c3ccc(S(C)(=O)=O)cc3Cl)CC2)nc2ccccc12. The van der Waals surface area contributed by atoms with Crippen LogP contribution < -0.4 is 15.5 Å². The molecule has 0 saturated heterocycles. The van der Waals surface area contributed by atoms with Crippen molar-refractivity contribution in [1.29, 1.82) is 0 Å². The maximum absolute atomic E-state index is 12.6. The Balaban J connectivity index is 1.32. The van der Waals surface area contributed by atoms with Gasteiger partial charge in [-0.1, -0.05) is 23.7 Å². The van der Waals surface area contributed by atoms with Crippen LogP contribution in [0.15, 0.2) is 47.4 Å². The van der Waals surface area contributed by atoms with Crippen LogP contribution in [0.4, 0.5) is 11.8 Å². The zero-order valence-electron chi connectivity index (χ0n) is 20.1. The Hall–Kier alpha value is -2.91. The number of anilines is 2. The van der Waals surface area contributed by atoms with Crippen LogP contribution in [0, 0.1) is 5.92 Å². The second-order valence-electron chi connectivity index (χ2n) is 9.27. The maximum atomic E-state index is 12.6. The zero-order valence-corrected chi connectivity index (χ0v) is 21.7. The van der Waals surface area contributed by atoms with E-state index in [0.29, 0.717) is 18.4 Å². The molecule has 1 fully saturated rings. The summed E-state index contributed by atoms with van der Waals surface area (Å²) in [4.78, 5) is 24.1. The number of fused-ring (bicyclic) bond motifs is 1. The molecule has 0 spiro atoms. The molecule has 1 aliphatic rings. The molecule has 0 radical (unpaired) electrons. The van der Waals surface area contributed by atoms with E-state index in [9.17, 15) is 13.2 Å². The van der Waals surface area contributed by atoms with E-state index in [0.717, 1.165) is 48.7 Å². The number of aromatic nitrogens is 2. The molecule has 1 heterocycles. The van der Waals surface area contributed by atoms with E-state index in [1.807, 2.05) is 43.3 Å². The lowest BCUT2D eigenvalue weighted by molar-refractivity contribution is 0.0943. The van der Waals surface area contributed by atoms with E-state index in [1.54, 1.807) is 0 Å². The van der Waals surface area contributed by atoms with E-state index in [-0.39, 0.29) is 27.4 Å². The third-order valence-corrected chi connectivity index (χ3v) is 7.77. The lowest BCUT2D eigenvalue weighted by Crippen LogP contribution is -2.34. The Labute approximate surface area is 211 Å². The van der Waals surface area contributed by atoms with Gasteiger partial charge in [0.2, 0.25) is 5.95 Å². The van der Waals surface area contributed by atoms with Gasteiger partial charge < -0.3 is 15.5 Å². The van der Waals surface area contributed by atoms with Gasteiger partial charge in [-0.3, -0.25) is 4.79 Å². The first-order valence-corrected chi connectivity index (χ1v) is 13.9. The highest BCUT2D eigenvalue weighted by Crippen LogP contribution is 2.28. The summed E-state index contributed by atoms with van der Waals surface area (Å²) in [5.41, 5.74) is 1.19. The van der Waals surface area contributed by atoms with Crippen molar-refractivity contribution in [3.8, 4) is 0 Å². The molecule has 186 valence electrons. The quantitative estimate of drug-likeness (QED) is 0.487. The first-order valence-electron chi connectivity index (χ1n) is 11.6. The third-order valence-electron chi connectivity index (χ3n) is 6.35. The van der Waals surface area contributed by atoms with E-state index < -0.39 is 9.84 Å². The summed E-state index contributed by atoms with van der Waals surface area (Å²) in [6.07, 6.45) is 4.95. The molecule has 4 rings (SSSR count). The van der Waals surface area contributed by atoms with Crippen molar-refractivity contribution in [3.05, 3.63) is 53.1 Å². The molecule has 0 atom stereocenters. The Kier molecular flexibility index (Phi) is 7.47. The summed E-state index contributed by atoms with van der Waals surface area (Å²) < 4.78 is 23.3. The van der Waals surface area contributed by atoms with E-state index >= 15 is 0 Å². The van der Waals surface area contributed by atoms with Crippen LogP contribution in [0.25, 0.3) is 10.9 Å². The first-order chi connectivity index (χ1) is 16.6. The summed E-state index contributed by atoms with van der Waals surface area (Å²) in [6, 6.07) is 12.5. The summed E-state index contributed by atoms with van der Waals surface area (Å²) >= 11 is 6.17. The third kappa shape index (κ3) is 6.02. The van der Waals surface area contributed by atoms with Crippen molar-refractivity contribution in [2.24, 2.45) is 5.92 Å². The Morgan fingerprint density at radius 3 is 2.46 bits per heavy atom. The average Bonchev–Trinajstić information content (AvgIpc) is 2.82. The predicted octanol–water partition coefficient (Wildman–Crippen LogP) is 4.15. The van der Waals surface area contributed by atoms with E-state index in [4.69, 9.17) is 21.6 Å². The number of amides is 1. The molecule has 1 aromatic heterocycles. The number of carbonyl (C=O) groups excluding carboxylic acids is 1. The number of para-hydroxylation sites is 1. The van der Waals surface area contributed by atoms with Gasteiger partial charge in [-0.25, -0.2) is 13.4 Å². The molecule has 2 N–H and O–H groups in total. The van der Waals surface area contributed by atoms with Crippen molar-refractivity contribution < 1.29 is 13.2 Å². The number of sulfone groups is 1. The Morgan fingerprint density at radius 1 is 1.09 bits per heavy atom. The zero-order chi connectivity index (χ0) is 25.2. The molecule has 3 aromatic rings. The molecule has 10 heteroatoms. The van der Waals surface area contributed by atoms with Crippen LogP contribution in [0.2, 0.25) is 5.02 Å². The summed E-state index contributed by atoms with van der Waals surface area (Å²) in [5.74, 6) is 1.59. The second kappa shape index (κ2) is 10.4. The van der Waals surface area contributed by atoms with Crippen LogP contribution in [-0.2, 0) is 9.84 Å². The Morgan fingerprint density at radius 2 is 1.80 bits per heavy atom. The van der Waals surface area contributed by atoms with Crippen molar-refractivity contribution in [1.82, 2.24) is 15.3 Å². The average molecular weight is 516 g/mol. The molecular formula is C25H30ClN5O3S. The molecule has 35 heavy (non-hydrogen) atoms. The fourth-order valence-electron chi connectivity index (χ4n) is 4.40. The second-order valence-corrected chi connectivity index (χ2v) is 11.7. The van der Waals surface area contributed by atoms with Crippen LogP contribution >= 0.6 is 11.6 Å². The van der Waals surface area contributed by atoms with Gasteiger partial charge >= 0.3 is 0 Å². The predicted molar refractivity (Wildman–Crippen MR) is 140 cm³/mol. The van der Waals surface area contributed by atoms with Crippen molar-refractivity contribution in [2.45, 2.75) is 36.6 Å². The Bertz CT molecular complexity index is 1340. The lowest BCUT2D eigenvalue weighted by atomic mass is 9.86. The summed E-state index contributed by atoms with van der Waals surface area (Å²) in [6.45, 7) is 0.549. The van der Waals surface area contributed by atoms with E-state index in [1.165, 1.54) is 18.2 Å². The van der Waals surface area contributed by atoms with Crippen molar-refractivity contribution >= 4 is 50.0 Å². The van der Waals surface area contributed by atoms with Crippen LogP contribution in [0.5, 0.6) is 0 Å². The molecule has 2 aromatic carbocycles. The number of nitrogens with one attached hydrogen (secondary N) is 2. The summed E-state index contributed by atoms with van der Waals surface area (Å²) in [7, 11) is 0.579. The smallest absolute Gasteiger partial charge is 0.252 e. The van der Waals surface area contributed by atoms with Gasteiger partial charge in [-0.15, -0.1) is 0 Å². The first kappa shape index (κ1) is 25.2. The van der Waals surface area contributed by atoms with Gasteiger partial charge in [-0.2, -0.15) is 4.98 Å². The minimum absolute atomic E-state index is 0.0953. The molecule has 1 amide bonds. The molecule has 1 saturated carbocycles. The highest BCUT2D eigenvalue weighted by molar-refractivity contribution is 7.90.